The molecule has 23 heavy (non-hydrogen) atoms. The fourth-order valence-electron chi connectivity index (χ4n) is 2.89. The van der Waals surface area contributed by atoms with Crippen molar-refractivity contribution >= 4 is 10.0 Å². The molecule has 2 aromatic rings. The summed E-state index contributed by atoms with van der Waals surface area (Å²) in [5.41, 5.74) is 6.38. The van der Waals surface area contributed by atoms with Crippen molar-refractivity contribution in [3.05, 3.63) is 36.7 Å². The summed E-state index contributed by atoms with van der Waals surface area (Å²) >= 11 is 0. The standard InChI is InChI=1S/C15H20N4O3S/c1-22-15-7-3-2-6-14(15)18-11-13(10-17-18)23(20,21)19-8-4-5-12(19)9-16/h2-3,6-7,10-12H,4-5,8-9,16H2,1H3. The first-order valence-electron chi connectivity index (χ1n) is 7.48. The highest BCUT2D eigenvalue weighted by Crippen LogP contribution is 2.27. The van der Waals surface area contributed by atoms with E-state index in [1.165, 1.54) is 21.4 Å². The van der Waals surface area contributed by atoms with Crippen molar-refractivity contribution < 1.29 is 13.2 Å². The van der Waals surface area contributed by atoms with Gasteiger partial charge in [-0.05, 0) is 25.0 Å². The Kier molecular flexibility index (Phi) is 4.38. The predicted molar refractivity (Wildman–Crippen MR) is 86.1 cm³/mol. The Morgan fingerprint density at radius 2 is 2.17 bits per heavy atom. The second kappa shape index (κ2) is 6.31. The van der Waals surface area contributed by atoms with Crippen LogP contribution >= 0.6 is 0 Å². The van der Waals surface area contributed by atoms with Crippen LogP contribution in [0.15, 0.2) is 41.6 Å². The van der Waals surface area contributed by atoms with Crippen molar-refractivity contribution in [2.24, 2.45) is 5.73 Å². The van der Waals surface area contributed by atoms with Gasteiger partial charge >= 0.3 is 0 Å². The zero-order valence-electron chi connectivity index (χ0n) is 12.9. The predicted octanol–water partition coefficient (Wildman–Crippen LogP) is 0.993. The third-order valence-electron chi connectivity index (χ3n) is 4.09. The molecule has 1 aliphatic rings. The summed E-state index contributed by atoms with van der Waals surface area (Å²) in [6, 6.07) is 7.18. The zero-order chi connectivity index (χ0) is 16.4. The van der Waals surface area contributed by atoms with Gasteiger partial charge in [-0.15, -0.1) is 0 Å². The van der Waals surface area contributed by atoms with Crippen molar-refractivity contribution in [1.82, 2.24) is 14.1 Å². The number of nitrogens with zero attached hydrogens (tertiary/aromatic N) is 3. The van der Waals surface area contributed by atoms with E-state index in [0.717, 1.165) is 12.8 Å². The maximum Gasteiger partial charge on any atom is 0.246 e. The molecule has 1 saturated heterocycles. The highest BCUT2D eigenvalue weighted by Gasteiger charge is 2.35. The van der Waals surface area contributed by atoms with Crippen LogP contribution in [-0.4, -0.2) is 48.7 Å². The molecule has 7 nitrogen and oxygen atoms in total. The number of hydrogen-bond acceptors (Lipinski definition) is 5. The fourth-order valence-corrected chi connectivity index (χ4v) is 4.52. The number of benzene rings is 1. The first-order chi connectivity index (χ1) is 11.1. The number of sulfonamides is 1. The van der Waals surface area contributed by atoms with Gasteiger partial charge in [0.15, 0.2) is 0 Å². The molecular formula is C15H20N4O3S. The second-order valence-electron chi connectivity index (χ2n) is 5.44. The Hall–Kier alpha value is -1.90. The second-order valence-corrected chi connectivity index (χ2v) is 7.33. The van der Waals surface area contributed by atoms with E-state index < -0.39 is 10.0 Å². The van der Waals surface area contributed by atoms with Crippen molar-refractivity contribution in [1.29, 1.82) is 0 Å². The summed E-state index contributed by atoms with van der Waals surface area (Å²) in [6.07, 6.45) is 4.52. The molecule has 124 valence electrons. The fraction of sp³-hybridized carbons (Fsp3) is 0.400. The van der Waals surface area contributed by atoms with E-state index >= 15 is 0 Å². The average molecular weight is 336 g/mol. The van der Waals surface area contributed by atoms with Crippen LogP contribution in [0.5, 0.6) is 5.75 Å². The first kappa shape index (κ1) is 16.0. The quantitative estimate of drug-likeness (QED) is 0.879. The molecule has 2 heterocycles. The molecule has 1 fully saturated rings. The minimum atomic E-state index is -3.58. The van der Waals surface area contributed by atoms with Gasteiger partial charge in [0.1, 0.15) is 16.3 Å². The molecule has 1 aromatic carbocycles. The van der Waals surface area contributed by atoms with Gasteiger partial charge in [0.2, 0.25) is 10.0 Å². The molecule has 0 saturated carbocycles. The minimum Gasteiger partial charge on any atom is -0.494 e. The Morgan fingerprint density at radius 3 is 2.91 bits per heavy atom. The number of hydrogen-bond donors (Lipinski definition) is 1. The Bertz CT molecular complexity index is 788. The molecule has 1 atom stereocenters. The van der Waals surface area contributed by atoms with Crippen LogP contribution in [0.1, 0.15) is 12.8 Å². The van der Waals surface area contributed by atoms with Crippen LogP contribution in [0.25, 0.3) is 5.69 Å². The van der Waals surface area contributed by atoms with Crippen LogP contribution in [0.2, 0.25) is 0 Å². The van der Waals surface area contributed by atoms with Crippen molar-refractivity contribution in [3.63, 3.8) is 0 Å². The number of para-hydroxylation sites is 2. The largest absolute Gasteiger partial charge is 0.494 e. The van der Waals surface area contributed by atoms with Gasteiger partial charge in [0.25, 0.3) is 0 Å². The summed E-state index contributed by atoms with van der Waals surface area (Å²) in [5.74, 6) is 0.626. The van der Waals surface area contributed by atoms with Crippen LogP contribution in [-0.2, 0) is 10.0 Å². The molecule has 0 bridgehead atoms. The van der Waals surface area contributed by atoms with Gasteiger partial charge in [-0.2, -0.15) is 9.40 Å². The van der Waals surface area contributed by atoms with Gasteiger partial charge in [0.05, 0.1) is 19.5 Å². The van der Waals surface area contributed by atoms with Crippen molar-refractivity contribution in [3.8, 4) is 11.4 Å². The molecule has 1 aromatic heterocycles. The minimum absolute atomic E-state index is 0.130. The summed E-state index contributed by atoms with van der Waals surface area (Å²) in [6.45, 7) is 0.837. The van der Waals surface area contributed by atoms with Crippen molar-refractivity contribution in [2.75, 3.05) is 20.2 Å². The van der Waals surface area contributed by atoms with Crippen LogP contribution in [0.3, 0.4) is 0 Å². The Balaban J connectivity index is 1.95. The van der Waals surface area contributed by atoms with E-state index in [1.54, 1.807) is 13.2 Å². The highest BCUT2D eigenvalue weighted by atomic mass is 32.2. The third-order valence-corrected chi connectivity index (χ3v) is 6.00. The molecule has 8 heteroatoms. The third kappa shape index (κ3) is 2.85. The molecule has 0 aliphatic carbocycles. The number of rotatable bonds is 5. The van der Waals surface area contributed by atoms with Crippen molar-refractivity contribution in [2.45, 2.75) is 23.8 Å². The number of methoxy groups -OCH3 is 1. The monoisotopic (exact) mass is 336 g/mol. The highest BCUT2D eigenvalue weighted by molar-refractivity contribution is 7.89. The van der Waals surface area contributed by atoms with Gasteiger partial charge < -0.3 is 10.5 Å². The SMILES string of the molecule is COc1ccccc1-n1cc(S(=O)(=O)N2CCCC2CN)cn1. The average Bonchev–Trinajstić information content (AvgIpc) is 3.24. The molecule has 2 N–H and O–H groups in total. The first-order valence-corrected chi connectivity index (χ1v) is 8.92. The number of aromatic nitrogens is 2. The summed E-state index contributed by atoms with van der Waals surface area (Å²) in [4.78, 5) is 0.170. The summed E-state index contributed by atoms with van der Waals surface area (Å²) in [7, 11) is -2.01. The molecule has 0 spiro atoms. The van der Waals surface area contributed by atoms with E-state index in [4.69, 9.17) is 10.5 Å². The number of nitrogens with two attached hydrogens (primary N) is 1. The Labute approximate surface area is 135 Å². The molecule has 1 aliphatic heterocycles. The molecular weight excluding hydrogens is 316 g/mol. The van der Waals surface area contributed by atoms with Gasteiger partial charge in [-0.3, -0.25) is 0 Å². The van der Waals surface area contributed by atoms with Crippen LogP contribution in [0.4, 0.5) is 0 Å². The molecule has 0 radical (unpaired) electrons. The van der Waals surface area contributed by atoms with Crippen LogP contribution in [0, 0.1) is 0 Å². The lowest BCUT2D eigenvalue weighted by molar-refractivity contribution is 0.393. The van der Waals surface area contributed by atoms with E-state index in [-0.39, 0.29) is 10.9 Å². The van der Waals surface area contributed by atoms with E-state index in [2.05, 4.69) is 5.10 Å². The maximum absolute atomic E-state index is 12.8. The zero-order valence-corrected chi connectivity index (χ0v) is 13.7. The normalized spacial score (nSPS) is 19.1. The maximum atomic E-state index is 12.8. The summed E-state index contributed by atoms with van der Waals surface area (Å²) in [5, 5.41) is 4.18. The topological polar surface area (TPSA) is 90.5 Å². The number of ether oxygens (including phenoxy) is 1. The van der Waals surface area contributed by atoms with E-state index in [1.807, 2.05) is 18.2 Å². The van der Waals surface area contributed by atoms with Crippen LogP contribution < -0.4 is 10.5 Å². The van der Waals surface area contributed by atoms with E-state index in [9.17, 15) is 8.42 Å². The van der Waals surface area contributed by atoms with E-state index in [0.29, 0.717) is 24.5 Å². The lowest BCUT2D eigenvalue weighted by atomic mass is 10.2. The summed E-state index contributed by atoms with van der Waals surface area (Å²) < 4.78 is 33.9. The van der Waals surface area contributed by atoms with Gasteiger partial charge in [-0.25, -0.2) is 13.1 Å². The van der Waals surface area contributed by atoms with Gasteiger partial charge in [-0.1, -0.05) is 12.1 Å². The molecule has 1 unspecified atom stereocenters. The molecule has 0 amide bonds. The Morgan fingerprint density at radius 1 is 1.39 bits per heavy atom. The lowest BCUT2D eigenvalue weighted by Gasteiger charge is -2.21. The lowest BCUT2D eigenvalue weighted by Crippen LogP contribution is -2.39. The molecule has 3 rings (SSSR count). The smallest absolute Gasteiger partial charge is 0.246 e. The van der Waals surface area contributed by atoms with Gasteiger partial charge in [0, 0.05) is 19.1 Å².